The average molecular weight is 428 g/mol. The Morgan fingerprint density at radius 2 is 1.72 bits per heavy atom. The second kappa shape index (κ2) is 9.36. The summed E-state index contributed by atoms with van der Waals surface area (Å²) in [5, 5.41) is 12.3. The molecule has 0 aliphatic heterocycles. The molecule has 2 aromatic carbocycles. The number of nitrogens with one attached hydrogen (secondary N) is 1. The van der Waals surface area contributed by atoms with Gasteiger partial charge in [0.05, 0.1) is 12.7 Å². The van der Waals surface area contributed by atoms with Gasteiger partial charge < -0.3 is 14.6 Å². The molecular formula is C26H25N3O3. The number of benzene rings is 2. The lowest BCUT2D eigenvalue weighted by Crippen LogP contribution is -2.13. The van der Waals surface area contributed by atoms with Crippen LogP contribution < -0.4 is 5.32 Å². The van der Waals surface area contributed by atoms with Gasteiger partial charge >= 0.3 is 5.97 Å². The number of anilines is 1. The number of ether oxygens (including phenoxy) is 1. The van der Waals surface area contributed by atoms with Gasteiger partial charge in [-0.25, -0.2) is 4.79 Å². The molecule has 6 heteroatoms. The third-order valence-corrected chi connectivity index (χ3v) is 5.30. The fourth-order valence-electron chi connectivity index (χ4n) is 3.57. The van der Waals surface area contributed by atoms with Crippen LogP contribution in [0.5, 0.6) is 0 Å². The zero-order valence-corrected chi connectivity index (χ0v) is 18.8. The van der Waals surface area contributed by atoms with Crippen LogP contribution in [0, 0.1) is 39.0 Å². The number of aromatic nitrogens is 1. The van der Waals surface area contributed by atoms with E-state index in [9.17, 15) is 14.9 Å². The molecule has 0 saturated heterocycles. The molecule has 1 heterocycles. The van der Waals surface area contributed by atoms with Gasteiger partial charge in [-0.2, -0.15) is 5.26 Å². The molecule has 1 amide bonds. The van der Waals surface area contributed by atoms with E-state index in [1.165, 1.54) is 7.11 Å². The fourth-order valence-corrected chi connectivity index (χ4v) is 3.57. The molecule has 3 rings (SSSR count). The molecule has 32 heavy (non-hydrogen) atoms. The Bertz CT molecular complexity index is 1260. The summed E-state index contributed by atoms with van der Waals surface area (Å²) < 4.78 is 6.80. The van der Waals surface area contributed by atoms with E-state index in [4.69, 9.17) is 0 Å². The molecule has 3 aromatic rings. The number of aryl methyl sites for hydroxylation is 3. The fraction of sp³-hybridized carbons (Fsp3) is 0.192. The number of carbonyl (C=O) groups is 2. The number of amides is 1. The third-order valence-electron chi connectivity index (χ3n) is 5.30. The van der Waals surface area contributed by atoms with Gasteiger partial charge in [-0.1, -0.05) is 12.1 Å². The molecule has 6 nitrogen and oxygen atoms in total. The maximum atomic E-state index is 12.7. The minimum Gasteiger partial charge on any atom is -0.465 e. The lowest BCUT2D eigenvalue weighted by Gasteiger charge is -2.13. The summed E-state index contributed by atoms with van der Waals surface area (Å²) in [5.74, 6) is -0.977. The van der Waals surface area contributed by atoms with Gasteiger partial charge in [-0.3, -0.25) is 4.79 Å². The second-order valence-electron chi connectivity index (χ2n) is 7.64. The van der Waals surface area contributed by atoms with E-state index in [0.29, 0.717) is 11.3 Å². The zero-order valence-electron chi connectivity index (χ0n) is 18.8. The van der Waals surface area contributed by atoms with E-state index in [1.807, 2.05) is 32.9 Å². The molecule has 0 aliphatic rings. The number of hydrogen-bond donors (Lipinski definition) is 1. The Kier molecular flexibility index (Phi) is 6.60. The lowest BCUT2D eigenvalue weighted by molar-refractivity contribution is -0.112. The van der Waals surface area contributed by atoms with Gasteiger partial charge in [-0.15, -0.1) is 0 Å². The molecule has 162 valence electrons. The van der Waals surface area contributed by atoms with Crippen LogP contribution in [-0.2, 0) is 9.53 Å². The van der Waals surface area contributed by atoms with Gasteiger partial charge in [0.1, 0.15) is 11.6 Å². The maximum absolute atomic E-state index is 12.7. The van der Waals surface area contributed by atoms with Gasteiger partial charge in [0, 0.05) is 22.8 Å². The molecular weight excluding hydrogens is 402 g/mol. The molecule has 0 atom stereocenters. The molecule has 1 N–H and O–H groups in total. The van der Waals surface area contributed by atoms with Crippen molar-refractivity contribution in [1.82, 2.24) is 4.57 Å². The minimum absolute atomic E-state index is 0.0109. The first-order valence-corrected chi connectivity index (χ1v) is 10.1. The topological polar surface area (TPSA) is 84.1 Å². The molecule has 1 aromatic heterocycles. The van der Waals surface area contributed by atoms with Crippen LogP contribution in [0.2, 0.25) is 0 Å². The molecule has 0 unspecified atom stereocenters. The first-order chi connectivity index (χ1) is 15.2. The zero-order chi connectivity index (χ0) is 23.4. The summed E-state index contributed by atoms with van der Waals surface area (Å²) in [4.78, 5) is 24.2. The highest BCUT2D eigenvalue weighted by Crippen LogP contribution is 2.26. The van der Waals surface area contributed by atoms with E-state index >= 15 is 0 Å². The Morgan fingerprint density at radius 1 is 1.03 bits per heavy atom. The summed E-state index contributed by atoms with van der Waals surface area (Å²) >= 11 is 0. The number of hydrogen-bond acceptors (Lipinski definition) is 4. The van der Waals surface area contributed by atoms with Crippen LogP contribution >= 0.6 is 0 Å². The first kappa shape index (κ1) is 22.6. The van der Waals surface area contributed by atoms with E-state index in [-0.39, 0.29) is 5.57 Å². The number of nitrogens with zero attached hydrogens (tertiary/aromatic N) is 2. The molecule has 0 fully saturated rings. The highest BCUT2D eigenvalue weighted by atomic mass is 16.5. The van der Waals surface area contributed by atoms with Crippen molar-refractivity contribution in [3.63, 3.8) is 0 Å². The third kappa shape index (κ3) is 4.62. The van der Waals surface area contributed by atoms with Crippen LogP contribution in [0.1, 0.15) is 38.4 Å². The van der Waals surface area contributed by atoms with Crippen molar-refractivity contribution in [2.45, 2.75) is 27.7 Å². The first-order valence-electron chi connectivity index (χ1n) is 10.1. The van der Waals surface area contributed by atoms with Crippen molar-refractivity contribution < 1.29 is 14.3 Å². The monoisotopic (exact) mass is 427 g/mol. The van der Waals surface area contributed by atoms with Crippen LogP contribution in [0.25, 0.3) is 11.8 Å². The number of nitriles is 1. The van der Waals surface area contributed by atoms with Crippen LogP contribution in [-0.4, -0.2) is 23.6 Å². The quantitative estimate of drug-likeness (QED) is 0.351. The van der Waals surface area contributed by atoms with Gasteiger partial charge in [0.25, 0.3) is 5.91 Å². The lowest BCUT2D eigenvalue weighted by atomic mass is 10.1. The number of carbonyl (C=O) groups excluding carboxylic acids is 2. The van der Waals surface area contributed by atoms with Crippen molar-refractivity contribution in [3.05, 3.63) is 87.7 Å². The highest BCUT2D eigenvalue weighted by Gasteiger charge is 2.15. The molecule has 0 bridgehead atoms. The van der Waals surface area contributed by atoms with Crippen molar-refractivity contribution in [3.8, 4) is 11.8 Å². The predicted molar refractivity (Wildman–Crippen MR) is 125 cm³/mol. The Morgan fingerprint density at radius 3 is 2.34 bits per heavy atom. The molecule has 0 spiro atoms. The second-order valence-corrected chi connectivity index (χ2v) is 7.64. The maximum Gasteiger partial charge on any atom is 0.337 e. The van der Waals surface area contributed by atoms with Crippen molar-refractivity contribution >= 4 is 23.6 Å². The van der Waals surface area contributed by atoms with Crippen molar-refractivity contribution in [1.29, 1.82) is 5.26 Å². The van der Waals surface area contributed by atoms with E-state index in [1.54, 1.807) is 30.3 Å². The Balaban J connectivity index is 1.90. The standard InChI is InChI=1S/C26H25N3O3/c1-16-6-7-17(2)24(12-16)29-18(3)13-21(19(29)4)14-22(15-27)25(30)28-23-10-8-20(9-11-23)26(31)32-5/h6-14H,1-5H3,(H,28,30)/b22-14-. The van der Waals surface area contributed by atoms with Crippen LogP contribution in [0.3, 0.4) is 0 Å². The van der Waals surface area contributed by atoms with Gasteiger partial charge in [0.15, 0.2) is 0 Å². The van der Waals surface area contributed by atoms with E-state index in [0.717, 1.165) is 33.8 Å². The van der Waals surface area contributed by atoms with E-state index in [2.05, 4.69) is 39.7 Å². The predicted octanol–water partition coefficient (Wildman–Crippen LogP) is 5.04. The SMILES string of the molecule is COC(=O)c1ccc(NC(=O)/C(C#N)=C\c2cc(C)n(-c3cc(C)ccc3C)c2C)cc1. The largest absolute Gasteiger partial charge is 0.465 e. The van der Waals surface area contributed by atoms with Gasteiger partial charge in [0.2, 0.25) is 0 Å². The minimum atomic E-state index is -0.519. The number of esters is 1. The summed E-state index contributed by atoms with van der Waals surface area (Å²) in [6.45, 7) is 8.08. The van der Waals surface area contributed by atoms with E-state index < -0.39 is 11.9 Å². The van der Waals surface area contributed by atoms with Crippen LogP contribution in [0.4, 0.5) is 5.69 Å². The molecule has 0 saturated carbocycles. The summed E-state index contributed by atoms with van der Waals surface area (Å²) in [7, 11) is 1.30. The highest BCUT2D eigenvalue weighted by molar-refractivity contribution is 6.09. The summed E-state index contributed by atoms with van der Waals surface area (Å²) in [5.41, 5.74) is 6.97. The van der Waals surface area contributed by atoms with Crippen LogP contribution in [0.15, 0.2) is 54.1 Å². The Labute approximate surface area is 187 Å². The summed E-state index contributed by atoms with van der Waals surface area (Å²) in [6, 6.07) is 16.5. The smallest absolute Gasteiger partial charge is 0.337 e. The summed E-state index contributed by atoms with van der Waals surface area (Å²) in [6.07, 6.45) is 1.60. The normalized spacial score (nSPS) is 11.1. The van der Waals surface area contributed by atoms with Gasteiger partial charge in [-0.05, 0) is 86.9 Å². The molecule has 0 radical (unpaired) electrons. The average Bonchev–Trinajstić information content (AvgIpc) is 3.06. The number of rotatable bonds is 5. The van der Waals surface area contributed by atoms with Crippen molar-refractivity contribution in [2.75, 3.05) is 12.4 Å². The van der Waals surface area contributed by atoms with Crippen molar-refractivity contribution in [2.24, 2.45) is 0 Å². The number of methoxy groups -OCH3 is 1. The molecule has 0 aliphatic carbocycles. The Hall–Kier alpha value is -4.11.